The fourth-order valence-corrected chi connectivity index (χ4v) is 2.25. The Balaban J connectivity index is 1.59. The Hall–Kier alpha value is -3.35. The Morgan fingerprint density at radius 1 is 1.28 bits per heavy atom. The van der Waals surface area contributed by atoms with Gasteiger partial charge in [-0.3, -0.25) is 9.59 Å². The molecule has 0 saturated heterocycles. The van der Waals surface area contributed by atoms with E-state index in [4.69, 9.17) is 4.74 Å². The van der Waals surface area contributed by atoms with Gasteiger partial charge in [-0.05, 0) is 37.3 Å². The van der Waals surface area contributed by atoms with Crippen LogP contribution >= 0.6 is 0 Å². The summed E-state index contributed by atoms with van der Waals surface area (Å²) in [5.74, 6) is 1.10. The highest BCUT2D eigenvalue weighted by Crippen LogP contribution is 2.17. The number of hydrogen-bond acceptors (Lipinski definition) is 4. The Bertz CT molecular complexity index is 893. The Kier molecular flexibility index (Phi) is 4.65. The molecule has 0 aliphatic heterocycles. The molecule has 0 radical (unpaired) electrons. The van der Waals surface area contributed by atoms with Crippen LogP contribution in [-0.4, -0.2) is 26.2 Å². The zero-order valence-electron chi connectivity index (χ0n) is 13.9. The second-order valence-corrected chi connectivity index (χ2v) is 5.58. The van der Waals surface area contributed by atoms with E-state index in [1.807, 2.05) is 17.8 Å². The van der Waals surface area contributed by atoms with Crippen molar-refractivity contribution in [2.75, 3.05) is 5.32 Å². The van der Waals surface area contributed by atoms with Crippen LogP contribution in [0.4, 0.5) is 5.69 Å². The van der Waals surface area contributed by atoms with E-state index in [-0.39, 0.29) is 11.7 Å². The number of carbonyl (C=O) groups excluding carboxylic acids is 2. The lowest BCUT2D eigenvalue weighted by Gasteiger charge is -2.08. The van der Waals surface area contributed by atoms with Gasteiger partial charge in [0.1, 0.15) is 23.9 Å². The largest absolute Gasteiger partial charge is 0.486 e. The van der Waals surface area contributed by atoms with Crippen LogP contribution in [0.3, 0.4) is 0 Å². The summed E-state index contributed by atoms with van der Waals surface area (Å²) in [7, 11) is 1.91. The lowest BCUT2D eigenvalue weighted by atomic mass is 10.2. The molecule has 0 fully saturated rings. The van der Waals surface area contributed by atoms with Crippen molar-refractivity contribution in [2.24, 2.45) is 7.05 Å². The molecule has 3 aromatic rings. The average molecular weight is 338 g/mol. The Morgan fingerprint density at radius 2 is 2.04 bits per heavy atom. The van der Waals surface area contributed by atoms with E-state index >= 15 is 0 Å². The van der Waals surface area contributed by atoms with Crippen molar-refractivity contribution in [1.82, 2.24) is 14.5 Å². The predicted molar refractivity (Wildman–Crippen MR) is 92.7 cm³/mol. The smallest absolute Gasteiger partial charge is 0.272 e. The van der Waals surface area contributed by atoms with Crippen molar-refractivity contribution in [3.63, 3.8) is 0 Å². The number of ether oxygens (including phenoxy) is 1. The zero-order valence-corrected chi connectivity index (χ0v) is 13.9. The molecule has 2 heterocycles. The number of nitrogens with zero attached hydrogens (tertiary/aromatic N) is 2. The van der Waals surface area contributed by atoms with Crippen LogP contribution in [0.15, 0.2) is 48.9 Å². The van der Waals surface area contributed by atoms with Gasteiger partial charge in [-0.2, -0.15) is 0 Å². The Morgan fingerprint density at radius 3 is 2.64 bits per heavy atom. The number of benzene rings is 1. The van der Waals surface area contributed by atoms with E-state index < -0.39 is 0 Å². The first-order chi connectivity index (χ1) is 12.0. The molecule has 0 spiro atoms. The van der Waals surface area contributed by atoms with E-state index in [9.17, 15) is 9.59 Å². The van der Waals surface area contributed by atoms with Crippen LogP contribution < -0.4 is 10.1 Å². The molecule has 1 aromatic carbocycles. The predicted octanol–water partition coefficient (Wildman–Crippen LogP) is 2.78. The molecule has 2 aromatic heterocycles. The number of imidazole rings is 1. The number of H-pyrrole nitrogens is 1. The maximum absolute atomic E-state index is 12.2. The summed E-state index contributed by atoms with van der Waals surface area (Å²) < 4.78 is 7.55. The summed E-state index contributed by atoms with van der Waals surface area (Å²) in [4.78, 5) is 30.4. The van der Waals surface area contributed by atoms with Crippen LogP contribution in [0, 0.1) is 0 Å². The number of amides is 1. The molecule has 0 aliphatic rings. The number of Topliss-reactive ketones (excluding diaryl/α,β-unsaturated/α-hetero) is 1. The van der Waals surface area contributed by atoms with E-state index in [0.29, 0.717) is 29.3 Å². The third-order valence-corrected chi connectivity index (χ3v) is 3.74. The first kappa shape index (κ1) is 16.5. The molecule has 7 nitrogen and oxygen atoms in total. The van der Waals surface area contributed by atoms with Gasteiger partial charge < -0.3 is 19.6 Å². The van der Waals surface area contributed by atoms with E-state index in [0.717, 1.165) is 5.82 Å². The highest BCUT2D eigenvalue weighted by Gasteiger charge is 2.11. The first-order valence-corrected chi connectivity index (χ1v) is 7.72. The summed E-state index contributed by atoms with van der Waals surface area (Å²) in [5.41, 5.74) is 1.44. The molecule has 1 amide bonds. The van der Waals surface area contributed by atoms with Gasteiger partial charge in [0.05, 0.1) is 0 Å². The number of hydrogen-bond donors (Lipinski definition) is 2. The summed E-state index contributed by atoms with van der Waals surface area (Å²) in [5, 5.41) is 2.76. The number of anilines is 1. The van der Waals surface area contributed by atoms with Crippen molar-refractivity contribution >= 4 is 17.4 Å². The fourth-order valence-electron chi connectivity index (χ4n) is 2.25. The topological polar surface area (TPSA) is 89.0 Å². The molecule has 7 heteroatoms. The van der Waals surface area contributed by atoms with E-state index in [1.165, 1.54) is 19.2 Å². The Labute approximate surface area is 144 Å². The minimum absolute atomic E-state index is 0.0930. The number of ketones is 1. The van der Waals surface area contributed by atoms with Crippen molar-refractivity contribution in [2.45, 2.75) is 13.5 Å². The summed E-state index contributed by atoms with van der Waals surface area (Å²) in [6.07, 6.45) is 5.09. The van der Waals surface area contributed by atoms with Gasteiger partial charge in [-0.25, -0.2) is 4.98 Å². The van der Waals surface area contributed by atoms with Crippen LogP contribution in [0.2, 0.25) is 0 Å². The highest BCUT2D eigenvalue weighted by molar-refractivity contribution is 6.05. The zero-order chi connectivity index (χ0) is 17.8. The molecule has 128 valence electrons. The number of nitrogens with one attached hydrogen (secondary N) is 2. The monoisotopic (exact) mass is 338 g/mol. The van der Waals surface area contributed by atoms with Gasteiger partial charge in [0.25, 0.3) is 5.91 Å². The third-order valence-electron chi connectivity index (χ3n) is 3.74. The lowest BCUT2D eigenvalue weighted by Crippen LogP contribution is -2.12. The third kappa shape index (κ3) is 3.95. The molecule has 25 heavy (non-hydrogen) atoms. The van der Waals surface area contributed by atoms with E-state index in [2.05, 4.69) is 15.3 Å². The van der Waals surface area contributed by atoms with Crippen LogP contribution in [0.1, 0.15) is 33.6 Å². The second kappa shape index (κ2) is 7.04. The molecule has 3 rings (SSSR count). The summed E-state index contributed by atoms with van der Waals surface area (Å²) in [6.45, 7) is 1.82. The lowest BCUT2D eigenvalue weighted by molar-refractivity contribution is 0.101. The standard InChI is InChI=1S/C18H18N4O3/c1-12(23)13-9-16(20-10-13)18(24)21-14-3-5-15(6-4-14)25-11-17-19-7-8-22(17)2/h3-10,20H,11H2,1-2H3,(H,21,24). The normalized spacial score (nSPS) is 10.5. The quantitative estimate of drug-likeness (QED) is 0.676. The highest BCUT2D eigenvalue weighted by atomic mass is 16.5. The van der Waals surface area contributed by atoms with Gasteiger partial charge in [0.15, 0.2) is 5.78 Å². The molecule has 0 saturated carbocycles. The fraction of sp³-hybridized carbons (Fsp3) is 0.167. The maximum Gasteiger partial charge on any atom is 0.272 e. The van der Waals surface area contributed by atoms with Crippen molar-refractivity contribution in [1.29, 1.82) is 0 Å². The average Bonchev–Trinajstić information content (AvgIpc) is 3.23. The first-order valence-electron chi connectivity index (χ1n) is 7.72. The minimum atomic E-state index is -0.311. The van der Waals surface area contributed by atoms with Gasteiger partial charge in [-0.15, -0.1) is 0 Å². The van der Waals surface area contributed by atoms with Crippen molar-refractivity contribution in [3.05, 3.63) is 66.0 Å². The van der Waals surface area contributed by atoms with Gasteiger partial charge in [0.2, 0.25) is 0 Å². The number of aryl methyl sites for hydroxylation is 1. The molecule has 0 unspecified atom stereocenters. The van der Waals surface area contributed by atoms with Crippen LogP contribution in [0.5, 0.6) is 5.75 Å². The number of aromatic nitrogens is 3. The molecule has 0 atom stereocenters. The molecule has 0 bridgehead atoms. The van der Waals surface area contributed by atoms with Gasteiger partial charge >= 0.3 is 0 Å². The summed E-state index contributed by atoms with van der Waals surface area (Å²) >= 11 is 0. The van der Waals surface area contributed by atoms with Crippen molar-refractivity contribution < 1.29 is 14.3 Å². The van der Waals surface area contributed by atoms with Crippen molar-refractivity contribution in [3.8, 4) is 5.75 Å². The number of aromatic amines is 1. The maximum atomic E-state index is 12.2. The van der Waals surface area contributed by atoms with Gasteiger partial charge in [0, 0.05) is 36.9 Å². The summed E-state index contributed by atoms with van der Waals surface area (Å²) in [6, 6.07) is 8.57. The van der Waals surface area contributed by atoms with E-state index in [1.54, 1.807) is 30.5 Å². The number of rotatable bonds is 6. The number of carbonyl (C=O) groups is 2. The molecule has 2 N–H and O–H groups in total. The molecular weight excluding hydrogens is 320 g/mol. The molecular formula is C18H18N4O3. The SMILES string of the molecule is CC(=O)c1c[nH]c(C(=O)Nc2ccc(OCc3nccn3C)cc2)c1. The van der Waals surface area contributed by atoms with Crippen LogP contribution in [0.25, 0.3) is 0 Å². The minimum Gasteiger partial charge on any atom is -0.486 e. The second-order valence-electron chi connectivity index (χ2n) is 5.58. The molecule has 0 aliphatic carbocycles. The van der Waals surface area contributed by atoms with Gasteiger partial charge in [-0.1, -0.05) is 0 Å². The van der Waals surface area contributed by atoms with Crippen LogP contribution in [-0.2, 0) is 13.7 Å².